The summed E-state index contributed by atoms with van der Waals surface area (Å²) in [4.78, 5) is 21.3. The fourth-order valence-corrected chi connectivity index (χ4v) is 3.56. The van der Waals surface area contributed by atoms with Gasteiger partial charge in [-0.3, -0.25) is 9.67 Å². The first kappa shape index (κ1) is 23.8. The van der Waals surface area contributed by atoms with E-state index in [0.717, 1.165) is 17.7 Å². The Morgan fingerprint density at radius 1 is 0.892 bits per heavy atom. The lowest BCUT2D eigenvalue weighted by Gasteiger charge is -2.11. The van der Waals surface area contributed by atoms with Gasteiger partial charge in [0.15, 0.2) is 0 Å². The molecule has 0 saturated heterocycles. The zero-order valence-electron chi connectivity index (χ0n) is 19.3. The summed E-state index contributed by atoms with van der Waals surface area (Å²) in [5.74, 6) is 1.06. The van der Waals surface area contributed by atoms with E-state index in [1.54, 1.807) is 59.5 Å². The predicted molar refractivity (Wildman–Crippen MR) is 132 cm³/mol. The summed E-state index contributed by atoms with van der Waals surface area (Å²) in [6, 6.07) is 15.6. The van der Waals surface area contributed by atoms with Crippen molar-refractivity contribution in [2.75, 3.05) is 10.6 Å². The molecule has 0 aliphatic rings. The molecule has 0 aliphatic carbocycles. The van der Waals surface area contributed by atoms with Gasteiger partial charge in [-0.15, -0.1) is 0 Å². The highest BCUT2D eigenvalue weighted by atomic mass is 19.4. The van der Waals surface area contributed by atoms with Crippen LogP contribution in [0.3, 0.4) is 0 Å². The number of benzene rings is 3. The summed E-state index contributed by atoms with van der Waals surface area (Å²) >= 11 is 0. The molecule has 0 spiro atoms. The van der Waals surface area contributed by atoms with E-state index in [4.69, 9.17) is 4.74 Å². The Morgan fingerprint density at radius 2 is 1.65 bits per heavy atom. The Kier molecular flexibility index (Phi) is 6.18. The zero-order valence-corrected chi connectivity index (χ0v) is 19.3. The van der Waals surface area contributed by atoms with Gasteiger partial charge >= 0.3 is 12.2 Å². The van der Waals surface area contributed by atoms with Gasteiger partial charge in [-0.05, 0) is 54.6 Å². The largest absolute Gasteiger partial charge is 0.457 e. The van der Waals surface area contributed by atoms with Crippen molar-refractivity contribution >= 4 is 28.4 Å². The topological polar surface area (TPSA) is 94.0 Å². The van der Waals surface area contributed by atoms with Gasteiger partial charge in [-0.25, -0.2) is 9.78 Å². The molecule has 11 heteroatoms. The average molecular weight is 504 g/mol. The molecule has 0 radical (unpaired) electrons. The first-order chi connectivity index (χ1) is 17.7. The van der Waals surface area contributed by atoms with E-state index in [-0.39, 0.29) is 5.69 Å². The van der Waals surface area contributed by atoms with Crippen LogP contribution in [0, 0.1) is 0 Å². The molecule has 0 fully saturated rings. The van der Waals surface area contributed by atoms with Gasteiger partial charge in [-0.2, -0.15) is 18.3 Å². The van der Waals surface area contributed by atoms with E-state index >= 15 is 0 Å². The first-order valence-electron chi connectivity index (χ1n) is 11.0. The minimum atomic E-state index is -4.50. The predicted octanol–water partition coefficient (Wildman–Crippen LogP) is 6.49. The minimum Gasteiger partial charge on any atom is -0.457 e. The minimum absolute atomic E-state index is 0.0263. The maximum Gasteiger partial charge on any atom is 0.416 e. The maximum atomic E-state index is 12.9. The molecule has 2 N–H and O–H groups in total. The number of alkyl halides is 3. The van der Waals surface area contributed by atoms with Gasteiger partial charge in [0.1, 0.15) is 11.5 Å². The normalized spacial score (nSPS) is 11.4. The molecule has 0 bridgehead atoms. The maximum absolute atomic E-state index is 12.9. The first-order valence-corrected chi connectivity index (χ1v) is 11.0. The Morgan fingerprint density at radius 3 is 2.38 bits per heavy atom. The van der Waals surface area contributed by atoms with Gasteiger partial charge in [0, 0.05) is 36.2 Å². The highest BCUT2D eigenvalue weighted by molar-refractivity contribution is 5.99. The fraction of sp³-hybridized carbons (Fsp3) is 0.0769. The van der Waals surface area contributed by atoms with Crippen molar-refractivity contribution in [2.24, 2.45) is 7.05 Å². The van der Waals surface area contributed by atoms with Crippen LogP contribution in [0.1, 0.15) is 5.56 Å². The van der Waals surface area contributed by atoms with Crippen LogP contribution >= 0.6 is 0 Å². The number of fused-ring (bicyclic) bond motifs is 1. The van der Waals surface area contributed by atoms with Gasteiger partial charge in [0.25, 0.3) is 0 Å². The molecule has 5 aromatic rings. The van der Waals surface area contributed by atoms with Crippen molar-refractivity contribution in [3.63, 3.8) is 0 Å². The quantitative estimate of drug-likeness (QED) is 0.286. The van der Waals surface area contributed by atoms with E-state index in [2.05, 4.69) is 25.7 Å². The van der Waals surface area contributed by atoms with Crippen molar-refractivity contribution < 1.29 is 22.7 Å². The number of amides is 2. The molecule has 0 atom stereocenters. The number of carbonyl (C=O) groups is 1. The number of hydrogen-bond acceptors (Lipinski definition) is 5. The second kappa shape index (κ2) is 9.61. The van der Waals surface area contributed by atoms with Gasteiger partial charge < -0.3 is 15.4 Å². The molecule has 2 aromatic heterocycles. The average Bonchev–Trinajstić information content (AvgIpc) is 3.31. The molecule has 0 saturated carbocycles. The highest BCUT2D eigenvalue weighted by Gasteiger charge is 2.30. The van der Waals surface area contributed by atoms with Crippen LogP contribution in [-0.2, 0) is 13.2 Å². The van der Waals surface area contributed by atoms with Crippen LogP contribution in [0.4, 0.5) is 29.3 Å². The van der Waals surface area contributed by atoms with E-state index in [9.17, 15) is 18.0 Å². The molecule has 3 aromatic carbocycles. The van der Waals surface area contributed by atoms with Gasteiger partial charge in [-0.1, -0.05) is 6.07 Å². The van der Waals surface area contributed by atoms with Crippen LogP contribution < -0.4 is 15.4 Å². The summed E-state index contributed by atoms with van der Waals surface area (Å²) in [5, 5.41) is 9.13. The molecule has 2 heterocycles. The van der Waals surface area contributed by atoms with Crippen molar-refractivity contribution in [3.8, 4) is 22.8 Å². The standard InChI is InChI=1S/C26H19F3N6O2/c1-35-15-16(13-31-35)24-14-30-22-10-9-21(12-23(22)34-24)37-20-7-5-18(6-8-20)32-25(36)33-19-4-2-3-17(11-19)26(27,28)29/h2-15H,1H3,(H2,32,33,36). The van der Waals surface area contributed by atoms with Gasteiger partial charge in [0.2, 0.25) is 0 Å². The molecule has 186 valence electrons. The van der Waals surface area contributed by atoms with Crippen LogP contribution in [0.2, 0.25) is 0 Å². The summed E-state index contributed by atoms with van der Waals surface area (Å²) in [5.41, 5.74) is 2.52. The fourth-order valence-electron chi connectivity index (χ4n) is 3.56. The lowest BCUT2D eigenvalue weighted by molar-refractivity contribution is -0.137. The third kappa shape index (κ3) is 5.67. The number of aryl methyl sites for hydroxylation is 1. The molecule has 8 nitrogen and oxygen atoms in total. The highest BCUT2D eigenvalue weighted by Crippen LogP contribution is 2.31. The number of aromatic nitrogens is 4. The van der Waals surface area contributed by atoms with E-state index in [0.29, 0.717) is 33.9 Å². The van der Waals surface area contributed by atoms with Crippen molar-refractivity contribution in [3.05, 3.63) is 90.9 Å². The molecule has 0 unspecified atom stereocenters. The Hall–Kier alpha value is -4.93. The molecule has 37 heavy (non-hydrogen) atoms. The van der Waals surface area contributed by atoms with Crippen LogP contribution in [0.5, 0.6) is 11.5 Å². The second-order valence-corrected chi connectivity index (χ2v) is 8.09. The van der Waals surface area contributed by atoms with E-state index in [1.807, 2.05) is 13.2 Å². The number of halogens is 3. The van der Waals surface area contributed by atoms with Crippen molar-refractivity contribution in [1.29, 1.82) is 0 Å². The lowest BCUT2D eigenvalue weighted by atomic mass is 10.2. The Balaban J connectivity index is 1.24. The van der Waals surface area contributed by atoms with E-state index < -0.39 is 17.8 Å². The summed E-state index contributed by atoms with van der Waals surface area (Å²) in [6.45, 7) is 0. The molecule has 2 amide bonds. The number of rotatable bonds is 5. The van der Waals surface area contributed by atoms with Crippen LogP contribution in [-0.4, -0.2) is 25.8 Å². The number of anilines is 2. The number of ether oxygens (including phenoxy) is 1. The number of urea groups is 1. The van der Waals surface area contributed by atoms with Crippen molar-refractivity contribution in [1.82, 2.24) is 19.7 Å². The lowest BCUT2D eigenvalue weighted by Crippen LogP contribution is -2.19. The number of hydrogen-bond donors (Lipinski definition) is 2. The van der Waals surface area contributed by atoms with Gasteiger partial charge in [0.05, 0.1) is 34.7 Å². The summed E-state index contributed by atoms with van der Waals surface area (Å²) in [7, 11) is 1.83. The second-order valence-electron chi connectivity index (χ2n) is 8.09. The molecule has 5 rings (SSSR count). The zero-order chi connectivity index (χ0) is 26.0. The summed E-state index contributed by atoms with van der Waals surface area (Å²) < 4.78 is 46.2. The number of carbonyl (C=O) groups excluding carboxylic acids is 1. The molecule has 0 aliphatic heterocycles. The summed E-state index contributed by atoms with van der Waals surface area (Å²) in [6.07, 6.45) is 0.759. The third-order valence-corrected chi connectivity index (χ3v) is 5.31. The molecular formula is C26H19F3N6O2. The Labute approximate surface area is 208 Å². The van der Waals surface area contributed by atoms with Crippen molar-refractivity contribution in [2.45, 2.75) is 6.18 Å². The third-order valence-electron chi connectivity index (χ3n) is 5.31. The molecular weight excluding hydrogens is 485 g/mol. The monoisotopic (exact) mass is 504 g/mol. The van der Waals surface area contributed by atoms with E-state index in [1.165, 1.54) is 12.1 Å². The smallest absolute Gasteiger partial charge is 0.416 e. The van der Waals surface area contributed by atoms with Crippen LogP contribution in [0.15, 0.2) is 85.3 Å². The SMILES string of the molecule is Cn1cc(-c2cnc3ccc(Oc4ccc(NC(=O)Nc5cccc(C(F)(F)F)c5)cc4)cc3n2)cn1. The number of nitrogens with one attached hydrogen (secondary N) is 2. The van der Waals surface area contributed by atoms with Crippen LogP contribution in [0.25, 0.3) is 22.3 Å². The number of nitrogens with zero attached hydrogens (tertiary/aromatic N) is 4. The Bertz CT molecular complexity index is 1580.